The van der Waals surface area contributed by atoms with Crippen LogP contribution >= 0.6 is 0 Å². The van der Waals surface area contributed by atoms with Crippen molar-refractivity contribution in [1.82, 2.24) is 4.90 Å². The van der Waals surface area contributed by atoms with Gasteiger partial charge in [0.1, 0.15) is 0 Å². The Morgan fingerprint density at radius 1 is 1.21 bits per heavy atom. The maximum atomic E-state index is 9.00. The Morgan fingerprint density at radius 3 is 2.57 bits per heavy atom. The maximum absolute atomic E-state index is 9.00. The zero-order chi connectivity index (χ0) is 9.80. The van der Waals surface area contributed by atoms with E-state index in [9.17, 15) is 0 Å². The molecule has 2 fully saturated rings. The quantitative estimate of drug-likeness (QED) is 0.717. The second-order valence-electron chi connectivity index (χ2n) is 4.44. The highest BCUT2D eigenvalue weighted by Gasteiger charge is 2.27. The van der Waals surface area contributed by atoms with Crippen molar-refractivity contribution in [3.8, 4) is 0 Å². The van der Waals surface area contributed by atoms with E-state index in [0.717, 1.165) is 25.7 Å². The molecule has 2 rings (SSSR count). The van der Waals surface area contributed by atoms with Gasteiger partial charge in [0.15, 0.2) is 0 Å². The molecular formula is C11H21NO2. The molecule has 1 atom stereocenters. The summed E-state index contributed by atoms with van der Waals surface area (Å²) in [5, 5.41) is 9.00. The third kappa shape index (κ3) is 2.47. The molecule has 1 saturated heterocycles. The van der Waals surface area contributed by atoms with Crippen molar-refractivity contribution in [2.75, 3.05) is 26.3 Å². The van der Waals surface area contributed by atoms with E-state index in [1.54, 1.807) is 0 Å². The fourth-order valence-corrected chi connectivity index (χ4v) is 2.35. The van der Waals surface area contributed by atoms with Crippen molar-refractivity contribution >= 4 is 0 Å². The summed E-state index contributed by atoms with van der Waals surface area (Å²) in [6.07, 6.45) is 6.83. The van der Waals surface area contributed by atoms with Crippen LogP contribution in [0.2, 0.25) is 0 Å². The first-order valence-corrected chi connectivity index (χ1v) is 5.86. The molecule has 0 aromatic heterocycles. The Hall–Kier alpha value is -0.120. The van der Waals surface area contributed by atoms with Gasteiger partial charge >= 0.3 is 0 Å². The third-order valence-electron chi connectivity index (χ3n) is 3.44. The van der Waals surface area contributed by atoms with Crippen LogP contribution in [-0.2, 0) is 4.74 Å². The predicted octanol–water partition coefficient (Wildman–Crippen LogP) is 1.01. The zero-order valence-corrected chi connectivity index (χ0v) is 8.82. The van der Waals surface area contributed by atoms with Crippen LogP contribution in [-0.4, -0.2) is 48.5 Å². The fourth-order valence-electron chi connectivity index (χ4n) is 2.35. The lowest BCUT2D eigenvalue weighted by molar-refractivity contribution is 0.0299. The van der Waals surface area contributed by atoms with Crippen molar-refractivity contribution in [3.05, 3.63) is 0 Å². The third-order valence-corrected chi connectivity index (χ3v) is 3.44. The Labute approximate surface area is 86.0 Å². The number of hydrogen-bond donors (Lipinski definition) is 1. The van der Waals surface area contributed by atoms with Crippen LogP contribution in [0.1, 0.15) is 32.1 Å². The predicted molar refractivity (Wildman–Crippen MR) is 55.3 cm³/mol. The molecule has 1 aliphatic carbocycles. The summed E-state index contributed by atoms with van der Waals surface area (Å²) < 4.78 is 5.63. The highest BCUT2D eigenvalue weighted by atomic mass is 16.5. The summed E-state index contributed by atoms with van der Waals surface area (Å²) in [6.45, 7) is 3.07. The zero-order valence-electron chi connectivity index (χ0n) is 8.82. The lowest BCUT2D eigenvalue weighted by Crippen LogP contribution is -2.45. The molecule has 0 amide bonds. The number of hydrogen-bond acceptors (Lipinski definition) is 3. The van der Waals surface area contributed by atoms with Crippen molar-refractivity contribution in [1.29, 1.82) is 0 Å². The first-order chi connectivity index (χ1) is 6.90. The second kappa shape index (κ2) is 5.10. The molecule has 14 heavy (non-hydrogen) atoms. The smallest absolute Gasteiger partial charge is 0.0702 e. The van der Waals surface area contributed by atoms with Gasteiger partial charge in [-0.2, -0.15) is 0 Å². The summed E-state index contributed by atoms with van der Waals surface area (Å²) in [4.78, 5) is 2.42. The Kier molecular flexibility index (Phi) is 3.79. The molecule has 0 aromatic carbocycles. The summed E-state index contributed by atoms with van der Waals surface area (Å²) in [7, 11) is 0. The van der Waals surface area contributed by atoms with Crippen molar-refractivity contribution in [2.24, 2.45) is 0 Å². The van der Waals surface area contributed by atoms with Gasteiger partial charge in [0, 0.05) is 25.7 Å². The van der Waals surface area contributed by atoms with Gasteiger partial charge in [-0.15, -0.1) is 0 Å². The van der Waals surface area contributed by atoms with E-state index >= 15 is 0 Å². The molecule has 2 aliphatic rings. The Morgan fingerprint density at radius 2 is 2.07 bits per heavy atom. The van der Waals surface area contributed by atoms with Gasteiger partial charge in [-0.1, -0.05) is 6.42 Å². The van der Waals surface area contributed by atoms with Crippen LogP contribution in [0.4, 0.5) is 0 Å². The second-order valence-corrected chi connectivity index (χ2v) is 4.44. The highest BCUT2D eigenvalue weighted by Crippen LogP contribution is 2.26. The fraction of sp³-hybridized carbons (Fsp3) is 1.00. The van der Waals surface area contributed by atoms with Crippen molar-refractivity contribution in [3.63, 3.8) is 0 Å². The molecule has 0 radical (unpaired) electrons. The van der Waals surface area contributed by atoms with Crippen LogP contribution < -0.4 is 0 Å². The van der Waals surface area contributed by atoms with Crippen LogP contribution in [0, 0.1) is 0 Å². The number of aliphatic hydroxyl groups is 1. The van der Waals surface area contributed by atoms with Gasteiger partial charge in [0.2, 0.25) is 0 Å². The standard InChI is InChI=1S/C11H21NO2/c13-7-6-12(10-3-1-4-10)9-11-5-2-8-14-11/h10-11,13H,1-9H2. The van der Waals surface area contributed by atoms with Crippen molar-refractivity contribution in [2.45, 2.75) is 44.2 Å². The van der Waals surface area contributed by atoms with Crippen LogP contribution in [0.25, 0.3) is 0 Å². The van der Waals surface area contributed by atoms with E-state index in [1.165, 1.54) is 32.1 Å². The molecule has 0 spiro atoms. The molecule has 1 N–H and O–H groups in total. The normalized spacial score (nSPS) is 28.3. The lowest BCUT2D eigenvalue weighted by Gasteiger charge is -2.38. The molecule has 1 aliphatic heterocycles. The van der Waals surface area contributed by atoms with Crippen LogP contribution in [0.3, 0.4) is 0 Å². The van der Waals surface area contributed by atoms with Crippen LogP contribution in [0.5, 0.6) is 0 Å². The topological polar surface area (TPSA) is 32.7 Å². The van der Waals surface area contributed by atoms with Gasteiger partial charge in [-0.25, -0.2) is 0 Å². The van der Waals surface area contributed by atoms with Gasteiger partial charge in [0.05, 0.1) is 12.7 Å². The molecule has 1 saturated carbocycles. The molecule has 0 bridgehead atoms. The minimum atomic E-state index is 0.281. The minimum absolute atomic E-state index is 0.281. The Bertz CT molecular complexity index is 165. The minimum Gasteiger partial charge on any atom is -0.395 e. The Balaban J connectivity index is 1.76. The molecule has 3 heteroatoms. The average molecular weight is 199 g/mol. The molecular weight excluding hydrogens is 178 g/mol. The van der Waals surface area contributed by atoms with E-state index < -0.39 is 0 Å². The van der Waals surface area contributed by atoms with E-state index in [-0.39, 0.29) is 6.61 Å². The number of nitrogens with zero attached hydrogens (tertiary/aromatic N) is 1. The van der Waals surface area contributed by atoms with Crippen molar-refractivity contribution < 1.29 is 9.84 Å². The first kappa shape index (κ1) is 10.4. The van der Waals surface area contributed by atoms with E-state index in [1.807, 2.05) is 0 Å². The van der Waals surface area contributed by atoms with E-state index in [0.29, 0.717) is 6.10 Å². The summed E-state index contributed by atoms with van der Waals surface area (Å²) in [5.41, 5.74) is 0. The number of aliphatic hydroxyl groups excluding tert-OH is 1. The average Bonchev–Trinajstić information content (AvgIpc) is 2.54. The summed E-state index contributed by atoms with van der Waals surface area (Å²) >= 11 is 0. The van der Waals surface area contributed by atoms with Crippen LogP contribution in [0.15, 0.2) is 0 Å². The summed E-state index contributed by atoms with van der Waals surface area (Å²) in [5.74, 6) is 0. The molecule has 1 unspecified atom stereocenters. The maximum Gasteiger partial charge on any atom is 0.0702 e. The van der Waals surface area contributed by atoms with Gasteiger partial charge in [-0.3, -0.25) is 4.90 Å². The molecule has 82 valence electrons. The largest absolute Gasteiger partial charge is 0.395 e. The van der Waals surface area contributed by atoms with Gasteiger partial charge in [-0.05, 0) is 25.7 Å². The van der Waals surface area contributed by atoms with Gasteiger partial charge in [0.25, 0.3) is 0 Å². The summed E-state index contributed by atoms with van der Waals surface area (Å²) in [6, 6.07) is 0.728. The number of ether oxygens (including phenoxy) is 1. The number of rotatable bonds is 5. The van der Waals surface area contributed by atoms with E-state index in [4.69, 9.17) is 9.84 Å². The first-order valence-electron chi connectivity index (χ1n) is 5.86. The molecule has 3 nitrogen and oxygen atoms in total. The molecule has 0 aromatic rings. The highest BCUT2D eigenvalue weighted by molar-refractivity contribution is 4.82. The monoisotopic (exact) mass is 199 g/mol. The van der Waals surface area contributed by atoms with E-state index in [2.05, 4.69) is 4.90 Å². The SMILES string of the molecule is OCCN(CC1CCCO1)C1CCC1. The van der Waals surface area contributed by atoms with Gasteiger partial charge < -0.3 is 9.84 Å². The lowest BCUT2D eigenvalue weighted by atomic mass is 9.91. The molecule has 1 heterocycles.